The van der Waals surface area contributed by atoms with Crippen molar-refractivity contribution in [3.8, 4) is 11.8 Å². The van der Waals surface area contributed by atoms with Crippen molar-refractivity contribution < 1.29 is 9.53 Å². The Labute approximate surface area is 163 Å². The number of methoxy groups -OCH3 is 1. The van der Waals surface area contributed by atoms with Crippen molar-refractivity contribution in [2.45, 2.75) is 6.42 Å². The fourth-order valence-electron chi connectivity index (χ4n) is 2.66. The zero-order valence-corrected chi connectivity index (χ0v) is 15.3. The van der Waals surface area contributed by atoms with Crippen LogP contribution in [0.5, 0.6) is 5.75 Å². The number of carbonyl (C=O) groups is 1. The topological polar surface area (TPSA) is 99.9 Å². The molecule has 140 valence electrons. The number of carbonyl (C=O) groups excluding carboxylic acids is 1. The number of hydrogen-bond donors (Lipinski definition) is 2. The molecule has 0 unspecified atom stereocenters. The summed E-state index contributed by atoms with van der Waals surface area (Å²) >= 11 is 0. The van der Waals surface area contributed by atoms with Crippen LogP contribution in [0.1, 0.15) is 21.6 Å². The number of nitrogens with one attached hydrogen (secondary N) is 2. The van der Waals surface area contributed by atoms with E-state index in [1.54, 1.807) is 43.5 Å². The molecule has 2 aromatic carbocycles. The maximum absolute atomic E-state index is 12.3. The van der Waals surface area contributed by atoms with Gasteiger partial charge in [-0.1, -0.05) is 30.3 Å². The van der Waals surface area contributed by atoms with E-state index in [2.05, 4.69) is 20.8 Å². The number of benzene rings is 2. The fraction of sp³-hybridized carbons (Fsp3) is 0.143. The highest BCUT2D eigenvalue weighted by Crippen LogP contribution is 2.18. The first-order valence-electron chi connectivity index (χ1n) is 8.71. The molecule has 0 bridgehead atoms. The zero-order chi connectivity index (χ0) is 19.8. The summed E-state index contributed by atoms with van der Waals surface area (Å²) in [5.74, 6) is 1.000. The SMILES string of the molecule is COc1ccccc1CCNc1ccc(C(=O)Nc2ccccc2C#N)nn1. The average molecular weight is 373 g/mol. The number of para-hydroxylation sites is 2. The lowest BCUT2D eigenvalue weighted by Gasteiger charge is -2.09. The monoisotopic (exact) mass is 373 g/mol. The summed E-state index contributed by atoms with van der Waals surface area (Å²) in [6.45, 7) is 0.649. The first-order valence-corrected chi connectivity index (χ1v) is 8.71. The highest BCUT2D eigenvalue weighted by Gasteiger charge is 2.11. The van der Waals surface area contributed by atoms with Crippen LogP contribution in [-0.4, -0.2) is 29.8 Å². The van der Waals surface area contributed by atoms with E-state index in [1.807, 2.05) is 30.3 Å². The van der Waals surface area contributed by atoms with Crippen LogP contribution in [0.15, 0.2) is 60.7 Å². The average Bonchev–Trinajstić information content (AvgIpc) is 2.75. The second-order valence-electron chi connectivity index (χ2n) is 5.90. The van der Waals surface area contributed by atoms with E-state index >= 15 is 0 Å². The molecule has 0 atom stereocenters. The molecule has 0 aliphatic carbocycles. The van der Waals surface area contributed by atoms with Gasteiger partial charge in [0.1, 0.15) is 17.6 Å². The van der Waals surface area contributed by atoms with Crippen LogP contribution in [0.3, 0.4) is 0 Å². The van der Waals surface area contributed by atoms with Gasteiger partial charge in [-0.15, -0.1) is 10.2 Å². The molecule has 0 fully saturated rings. The normalized spacial score (nSPS) is 10.0. The summed E-state index contributed by atoms with van der Waals surface area (Å²) in [5, 5.41) is 22.9. The number of ether oxygens (including phenoxy) is 1. The first kappa shape index (κ1) is 18.9. The third kappa shape index (κ3) is 4.62. The van der Waals surface area contributed by atoms with Gasteiger partial charge in [-0.3, -0.25) is 4.79 Å². The van der Waals surface area contributed by atoms with Gasteiger partial charge in [0.15, 0.2) is 5.69 Å². The van der Waals surface area contributed by atoms with E-state index in [0.29, 0.717) is 23.6 Å². The molecule has 1 aromatic heterocycles. The molecule has 2 N–H and O–H groups in total. The summed E-state index contributed by atoms with van der Waals surface area (Å²) in [4.78, 5) is 12.3. The number of nitrogens with zero attached hydrogens (tertiary/aromatic N) is 3. The Morgan fingerprint density at radius 2 is 1.86 bits per heavy atom. The van der Waals surface area contributed by atoms with Gasteiger partial charge in [0.25, 0.3) is 5.91 Å². The predicted molar refractivity (Wildman–Crippen MR) is 106 cm³/mol. The number of aromatic nitrogens is 2. The molecule has 28 heavy (non-hydrogen) atoms. The van der Waals surface area contributed by atoms with Gasteiger partial charge in [-0.2, -0.15) is 5.26 Å². The van der Waals surface area contributed by atoms with E-state index in [9.17, 15) is 4.79 Å². The molecule has 0 radical (unpaired) electrons. The number of rotatable bonds is 7. The standard InChI is InChI=1S/C21H19N5O2/c1-28-19-9-5-3-6-15(19)12-13-23-20-11-10-18(25-26-20)21(27)24-17-8-4-2-7-16(17)14-22/h2-11H,12-13H2,1H3,(H,23,26)(H,24,27). The third-order valence-corrected chi connectivity index (χ3v) is 4.09. The van der Waals surface area contributed by atoms with Gasteiger partial charge < -0.3 is 15.4 Å². The maximum Gasteiger partial charge on any atom is 0.276 e. The Hall–Kier alpha value is -3.92. The maximum atomic E-state index is 12.3. The molecule has 1 heterocycles. The smallest absolute Gasteiger partial charge is 0.276 e. The molecule has 1 amide bonds. The van der Waals surface area contributed by atoms with Gasteiger partial charge in [0, 0.05) is 6.54 Å². The molecule has 3 aromatic rings. The molecular weight excluding hydrogens is 354 g/mol. The van der Waals surface area contributed by atoms with E-state index in [4.69, 9.17) is 10.00 Å². The lowest BCUT2D eigenvalue weighted by molar-refractivity contribution is 0.102. The van der Waals surface area contributed by atoms with Crippen LogP contribution in [0, 0.1) is 11.3 Å². The van der Waals surface area contributed by atoms with Crippen molar-refractivity contribution in [1.82, 2.24) is 10.2 Å². The van der Waals surface area contributed by atoms with Crippen molar-refractivity contribution in [2.24, 2.45) is 0 Å². The molecule has 0 aliphatic heterocycles. The minimum Gasteiger partial charge on any atom is -0.496 e. The number of hydrogen-bond acceptors (Lipinski definition) is 6. The highest BCUT2D eigenvalue weighted by molar-refractivity contribution is 6.03. The molecular formula is C21H19N5O2. The van der Waals surface area contributed by atoms with Crippen LogP contribution in [0.25, 0.3) is 0 Å². The zero-order valence-electron chi connectivity index (χ0n) is 15.3. The van der Waals surface area contributed by atoms with Crippen molar-refractivity contribution in [1.29, 1.82) is 5.26 Å². The summed E-state index contributed by atoms with van der Waals surface area (Å²) in [7, 11) is 1.65. The first-order chi connectivity index (χ1) is 13.7. The second-order valence-corrected chi connectivity index (χ2v) is 5.90. The minimum absolute atomic E-state index is 0.169. The molecule has 0 saturated carbocycles. The minimum atomic E-state index is -0.421. The van der Waals surface area contributed by atoms with E-state index in [1.165, 1.54) is 0 Å². The molecule has 3 rings (SSSR count). The molecule has 7 nitrogen and oxygen atoms in total. The predicted octanol–water partition coefficient (Wildman–Crippen LogP) is 3.26. The highest BCUT2D eigenvalue weighted by atomic mass is 16.5. The Bertz CT molecular complexity index is 996. The second kappa shape index (κ2) is 9.14. The van der Waals surface area contributed by atoms with Gasteiger partial charge in [-0.05, 0) is 42.3 Å². The van der Waals surface area contributed by atoms with Gasteiger partial charge in [0.2, 0.25) is 0 Å². The fourth-order valence-corrected chi connectivity index (χ4v) is 2.66. The summed E-state index contributed by atoms with van der Waals surface area (Å²) in [6, 6.07) is 19.9. The lowest BCUT2D eigenvalue weighted by atomic mass is 10.1. The number of nitriles is 1. The number of anilines is 2. The van der Waals surface area contributed by atoms with Gasteiger partial charge in [0.05, 0.1) is 18.4 Å². The van der Waals surface area contributed by atoms with Crippen molar-refractivity contribution in [3.05, 3.63) is 77.5 Å². The van der Waals surface area contributed by atoms with Crippen LogP contribution < -0.4 is 15.4 Å². The van der Waals surface area contributed by atoms with Crippen molar-refractivity contribution >= 4 is 17.4 Å². The molecule has 0 spiro atoms. The Morgan fingerprint density at radius 3 is 2.61 bits per heavy atom. The van der Waals surface area contributed by atoms with Crippen molar-refractivity contribution in [3.63, 3.8) is 0 Å². The Morgan fingerprint density at radius 1 is 1.07 bits per heavy atom. The number of amides is 1. The Kier molecular flexibility index (Phi) is 6.16. The lowest BCUT2D eigenvalue weighted by Crippen LogP contribution is -2.16. The van der Waals surface area contributed by atoms with Gasteiger partial charge in [-0.25, -0.2) is 0 Å². The van der Waals surface area contributed by atoms with Crippen LogP contribution in [0.2, 0.25) is 0 Å². The largest absolute Gasteiger partial charge is 0.496 e. The summed E-state index contributed by atoms with van der Waals surface area (Å²) in [5.41, 5.74) is 2.09. The van der Waals surface area contributed by atoms with Crippen LogP contribution in [-0.2, 0) is 6.42 Å². The van der Waals surface area contributed by atoms with E-state index in [-0.39, 0.29) is 5.69 Å². The summed E-state index contributed by atoms with van der Waals surface area (Å²) < 4.78 is 5.34. The quantitative estimate of drug-likeness (QED) is 0.659. The Balaban J connectivity index is 1.57. The van der Waals surface area contributed by atoms with Crippen LogP contribution in [0.4, 0.5) is 11.5 Å². The van der Waals surface area contributed by atoms with E-state index in [0.717, 1.165) is 17.7 Å². The summed E-state index contributed by atoms with van der Waals surface area (Å²) in [6.07, 6.45) is 0.763. The van der Waals surface area contributed by atoms with E-state index < -0.39 is 5.91 Å². The molecule has 7 heteroatoms. The van der Waals surface area contributed by atoms with Crippen LogP contribution >= 0.6 is 0 Å². The van der Waals surface area contributed by atoms with Gasteiger partial charge >= 0.3 is 0 Å². The van der Waals surface area contributed by atoms with Crippen molar-refractivity contribution in [2.75, 3.05) is 24.3 Å². The molecule has 0 aliphatic rings. The third-order valence-electron chi connectivity index (χ3n) is 4.09. The molecule has 0 saturated heterocycles.